The van der Waals surface area contributed by atoms with Gasteiger partial charge in [-0.3, -0.25) is 14.6 Å². The first-order chi connectivity index (χ1) is 23.9. The fraction of sp³-hybridized carbons (Fsp3) is 0.474. The Kier molecular flexibility index (Phi) is 11.7. The number of nitrogens with zero attached hydrogens (tertiary/aromatic N) is 4. The SMILES string of the molecule is CCCN(CCC)C(=O)C1=CC(c2ncco2)=CC(C(N)=O)([C@H](Cc2cc(F)cc(F)c2)[C@@H](O)CNC2(c3cc(CN(C)C)ccn3)CC2)C1. The number of nitrogens with two attached hydrogens (primary N) is 1. The number of pyridine rings is 1. The van der Waals surface area contributed by atoms with Gasteiger partial charge in [0.15, 0.2) is 0 Å². The fourth-order valence-corrected chi connectivity index (χ4v) is 7.12. The van der Waals surface area contributed by atoms with E-state index in [-0.39, 0.29) is 36.7 Å². The second kappa shape index (κ2) is 15.7. The summed E-state index contributed by atoms with van der Waals surface area (Å²) in [5, 5.41) is 15.6. The third kappa shape index (κ3) is 8.36. The number of halogens is 2. The maximum absolute atomic E-state index is 14.5. The molecule has 1 aromatic carbocycles. The number of rotatable bonds is 17. The first-order valence-electron chi connectivity index (χ1n) is 17.3. The van der Waals surface area contributed by atoms with E-state index in [0.29, 0.717) is 24.2 Å². The zero-order valence-electron chi connectivity index (χ0n) is 29.3. The predicted molar refractivity (Wildman–Crippen MR) is 186 cm³/mol. The van der Waals surface area contributed by atoms with Crippen LogP contribution in [0.25, 0.3) is 5.57 Å². The Hall–Kier alpha value is -4.26. The largest absolute Gasteiger partial charge is 0.445 e. The third-order valence-electron chi connectivity index (χ3n) is 9.63. The van der Waals surface area contributed by atoms with E-state index >= 15 is 0 Å². The van der Waals surface area contributed by atoms with Crippen molar-refractivity contribution in [3.8, 4) is 0 Å². The van der Waals surface area contributed by atoms with Gasteiger partial charge in [-0.15, -0.1) is 0 Å². The molecule has 0 aliphatic heterocycles. The molecule has 2 aromatic heterocycles. The van der Waals surface area contributed by atoms with Gasteiger partial charge in [0.2, 0.25) is 17.7 Å². The van der Waals surface area contributed by atoms with E-state index in [0.717, 1.165) is 49.6 Å². The number of aromatic nitrogens is 2. The molecule has 0 bridgehead atoms. The normalized spacial score (nSPS) is 19.4. The summed E-state index contributed by atoms with van der Waals surface area (Å²) in [5.41, 5.74) is 6.98. The molecule has 0 saturated heterocycles. The molecule has 5 rings (SSSR count). The zero-order valence-corrected chi connectivity index (χ0v) is 29.3. The topological polar surface area (TPSA) is 138 Å². The highest BCUT2D eigenvalue weighted by atomic mass is 19.1. The summed E-state index contributed by atoms with van der Waals surface area (Å²) in [6.45, 7) is 5.74. The summed E-state index contributed by atoms with van der Waals surface area (Å²) in [6.07, 6.45) is 9.41. The molecular formula is C38H48F2N6O4. The van der Waals surface area contributed by atoms with E-state index in [1.807, 2.05) is 34.0 Å². The molecular weight excluding hydrogens is 642 g/mol. The van der Waals surface area contributed by atoms with Gasteiger partial charge in [0.25, 0.3) is 0 Å². The molecule has 10 nitrogen and oxygen atoms in total. The van der Waals surface area contributed by atoms with Crippen molar-refractivity contribution in [3.63, 3.8) is 0 Å². The van der Waals surface area contributed by atoms with Crippen molar-refractivity contribution in [2.45, 2.75) is 70.6 Å². The van der Waals surface area contributed by atoms with E-state index in [2.05, 4.69) is 26.3 Å². The molecule has 12 heteroatoms. The van der Waals surface area contributed by atoms with Gasteiger partial charge >= 0.3 is 0 Å². The van der Waals surface area contributed by atoms with Crippen LogP contribution in [0, 0.1) is 23.0 Å². The van der Waals surface area contributed by atoms with Gasteiger partial charge < -0.3 is 30.4 Å². The van der Waals surface area contributed by atoms with Crippen molar-refractivity contribution < 1.29 is 27.9 Å². The van der Waals surface area contributed by atoms with Crippen LogP contribution in [0.4, 0.5) is 8.78 Å². The number of aliphatic hydroxyl groups excluding tert-OH is 1. The number of aliphatic hydroxyl groups is 1. The van der Waals surface area contributed by atoms with Crippen molar-refractivity contribution in [2.24, 2.45) is 17.1 Å². The highest BCUT2D eigenvalue weighted by Gasteiger charge is 2.51. The Bertz CT molecular complexity index is 1700. The number of carbonyl (C=O) groups excluding carboxylic acids is 2. The summed E-state index contributed by atoms with van der Waals surface area (Å²) in [6, 6.07) is 7.15. The lowest BCUT2D eigenvalue weighted by molar-refractivity contribution is -0.132. The van der Waals surface area contributed by atoms with Crippen molar-refractivity contribution in [3.05, 3.63) is 101 Å². The van der Waals surface area contributed by atoms with Crippen LogP contribution < -0.4 is 11.1 Å². The summed E-state index contributed by atoms with van der Waals surface area (Å²) >= 11 is 0. The molecule has 2 amide bonds. The molecule has 3 atom stereocenters. The number of carbonyl (C=O) groups is 2. The number of primary amides is 1. The number of amides is 2. The minimum atomic E-state index is -1.67. The predicted octanol–water partition coefficient (Wildman–Crippen LogP) is 4.74. The molecule has 1 unspecified atom stereocenters. The van der Waals surface area contributed by atoms with Crippen LogP contribution in [-0.2, 0) is 28.1 Å². The molecule has 2 aliphatic rings. The third-order valence-corrected chi connectivity index (χ3v) is 9.63. The van der Waals surface area contributed by atoms with Crippen LogP contribution in [0.2, 0.25) is 0 Å². The molecule has 4 N–H and O–H groups in total. The summed E-state index contributed by atoms with van der Waals surface area (Å²) in [7, 11) is 3.99. The zero-order chi connectivity index (χ0) is 36.1. The van der Waals surface area contributed by atoms with E-state index in [9.17, 15) is 23.5 Å². The van der Waals surface area contributed by atoms with Crippen molar-refractivity contribution in [1.29, 1.82) is 0 Å². The molecule has 1 saturated carbocycles. The monoisotopic (exact) mass is 690 g/mol. The maximum Gasteiger partial charge on any atom is 0.249 e. The number of allylic oxidation sites excluding steroid dienone is 2. The lowest BCUT2D eigenvalue weighted by Crippen LogP contribution is -2.52. The minimum absolute atomic E-state index is 0.0179. The average molecular weight is 691 g/mol. The number of hydrogen-bond donors (Lipinski definition) is 3. The van der Waals surface area contributed by atoms with Crippen LogP contribution in [-0.4, -0.2) is 76.5 Å². The molecule has 2 aliphatic carbocycles. The molecule has 268 valence electrons. The van der Waals surface area contributed by atoms with Crippen LogP contribution in [0.5, 0.6) is 0 Å². The average Bonchev–Trinajstić information content (AvgIpc) is 3.66. The lowest BCUT2D eigenvalue weighted by Gasteiger charge is -2.42. The van der Waals surface area contributed by atoms with Gasteiger partial charge in [-0.1, -0.05) is 19.9 Å². The summed E-state index contributed by atoms with van der Waals surface area (Å²) in [4.78, 5) is 40.7. The van der Waals surface area contributed by atoms with Crippen molar-refractivity contribution >= 4 is 17.4 Å². The van der Waals surface area contributed by atoms with Crippen LogP contribution >= 0.6 is 0 Å². The Morgan fingerprint density at radius 2 is 1.74 bits per heavy atom. The maximum atomic E-state index is 14.5. The fourth-order valence-electron chi connectivity index (χ4n) is 7.12. The molecule has 2 heterocycles. The quantitative estimate of drug-likeness (QED) is 0.185. The van der Waals surface area contributed by atoms with E-state index in [4.69, 9.17) is 10.2 Å². The molecule has 3 aromatic rings. The molecule has 0 spiro atoms. The van der Waals surface area contributed by atoms with E-state index < -0.39 is 40.5 Å². The number of benzene rings is 1. The second-order valence-electron chi connectivity index (χ2n) is 13.9. The van der Waals surface area contributed by atoms with Gasteiger partial charge in [-0.05, 0) is 94.1 Å². The molecule has 0 radical (unpaired) electrons. The van der Waals surface area contributed by atoms with E-state index in [1.165, 1.54) is 24.6 Å². The Morgan fingerprint density at radius 1 is 1.04 bits per heavy atom. The van der Waals surface area contributed by atoms with Gasteiger partial charge in [0.05, 0.1) is 28.9 Å². The van der Waals surface area contributed by atoms with Gasteiger partial charge in [0, 0.05) is 55.5 Å². The summed E-state index contributed by atoms with van der Waals surface area (Å²) in [5.74, 6) is -3.49. The number of oxazole rings is 1. The van der Waals surface area contributed by atoms with Crippen LogP contribution in [0.3, 0.4) is 0 Å². The highest BCUT2D eigenvalue weighted by Crippen LogP contribution is 2.48. The molecule has 50 heavy (non-hydrogen) atoms. The second-order valence-corrected chi connectivity index (χ2v) is 13.9. The smallest absolute Gasteiger partial charge is 0.249 e. The number of nitrogens with one attached hydrogen (secondary N) is 1. The van der Waals surface area contributed by atoms with Crippen LogP contribution in [0.15, 0.2) is 71.1 Å². The minimum Gasteiger partial charge on any atom is -0.445 e. The number of hydrogen-bond acceptors (Lipinski definition) is 8. The first kappa shape index (κ1) is 37.0. The standard InChI is InChI=1S/C38H48F2N6O4/c1-5-12-46(13-6-2)35(48)28-19-27(34-43-11-14-50-34)21-37(22-28,36(41)49)31(17-26-15-29(39)20-30(40)16-26)32(47)23-44-38(8-9-38)33-18-25(7-10-42-33)24-45(3)4/h7,10-11,14-16,18-21,31-32,44,47H,5-6,8-9,12-13,17,22-24H2,1-4H3,(H2,41,49)/t31-,32+,37?/m1/s1. The Balaban J connectivity index is 1.55. The van der Waals surface area contributed by atoms with Gasteiger partial charge in [-0.2, -0.15) is 0 Å². The Labute approximate surface area is 292 Å². The van der Waals surface area contributed by atoms with Crippen molar-refractivity contribution in [2.75, 3.05) is 33.7 Å². The molecule has 1 fully saturated rings. The lowest BCUT2D eigenvalue weighted by atomic mass is 9.63. The Morgan fingerprint density at radius 3 is 2.32 bits per heavy atom. The van der Waals surface area contributed by atoms with Gasteiger partial charge in [-0.25, -0.2) is 13.8 Å². The van der Waals surface area contributed by atoms with Gasteiger partial charge in [0.1, 0.15) is 17.9 Å². The van der Waals surface area contributed by atoms with Crippen LogP contribution in [0.1, 0.15) is 68.7 Å². The highest BCUT2D eigenvalue weighted by molar-refractivity contribution is 6.00. The summed E-state index contributed by atoms with van der Waals surface area (Å²) < 4.78 is 34.7. The van der Waals surface area contributed by atoms with Crippen molar-refractivity contribution in [1.82, 2.24) is 25.1 Å². The first-order valence-corrected chi connectivity index (χ1v) is 17.3. The van der Waals surface area contributed by atoms with E-state index in [1.54, 1.807) is 23.2 Å².